The number of alkyl halides is 3. The molecule has 3 heterocycles. The maximum Gasteiger partial charge on any atom is 0.401 e. The molecule has 38 heavy (non-hydrogen) atoms. The molecule has 3 aliphatic heterocycles. The van der Waals surface area contributed by atoms with Gasteiger partial charge in [-0.05, 0) is 43.2 Å². The van der Waals surface area contributed by atoms with Crippen molar-refractivity contribution in [1.82, 2.24) is 4.90 Å². The van der Waals surface area contributed by atoms with E-state index in [4.69, 9.17) is 14.2 Å². The van der Waals surface area contributed by atoms with Crippen LogP contribution < -0.4 is 24.6 Å². The lowest BCUT2D eigenvalue weighted by Gasteiger charge is -2.38. The van der Waals surface area contributed by atoms with Gasteiger partial charge >= 0.3 is 6.18 Å². The van der Waals surface area contributed by atoms with Gasteiger partial charge in [-0.1, -0.05) is 0 Å². The molecule has 3 aliphatic rings. The second kappa shape index (κ2) is 11.3. The number of carbonyl (C=O) groups is 1. The van der Waals surface area contributed by atoms with Gasteiger partial charge in [0, 0.05) is 62.3 Å². The third-order valence-corrected chi connectivity index (χ3v) is 7.21. The van der Waals surface area contributed by atoms with Gasteiger partial charge in [0.1, 0.15) is 11.5 Å². The van der Waals surface area contributed by atoms with Crippen LogP contribution in [-0.4, -0.2) is 89.2 Å². The Balaban J connectivity index is 1.26. The highest BCUT2D eigenvalue weighted by Crippen LogP contribution is 2.41. The van der Waals surface area contributed by atoms with E-state index in [-0.39, 0.29) is 19.0 Å². The summed E-state index contributed by atoms with van der Waals surface area (Å²) in [7, 11) is 1.58. The molecule has 0 aliphatic carbocycles. The summed E-state index contributed by atoms with van der Waals surface area (Å²) < 4.78 is 55.6. The van der Waals surface area contributed by atoms with Crippen molar-refractivity contribution in [1.29, 1.82) is 0 Å². The first-order valence-electron chi connectivity index (χ1n) is 12.9. The molecule has 1 atom stereocenters. The molecule has 0 saturated carbocycles. The fraction of sp³-hybridized carbons (Fsp3) is 0.519. The zero-order chi connectivity index (χ0) is 26.7. The number of hydrogen-bond acceptors (Lipinski definition) is 7. The minimum Gasteiger partial charge on any atom is -0.497 e. The van der Waals surface area contributed by atoms with Gasteiger partial charge in [-0.15, -0.1) is 0 Å². The fourth-order valence-corrected chi connectivity index (χ4v) is 5.19. The topological polar surface area (TPSA) is 66.5 Å². The number of morpholine rings is 1. The lowest BCUT2D eigenvalue weighted by Crippen LogP contribution is -2.49. The van der Waals surface area contributed by atoms with Crippen LogP contribution in [0.25, 0.3) is 0 Å². The zero-order valence-electron chi connectivity index (χ0n) is 21.4. The lowest BCUT2D eigenvalue weighted by atomic mass is 9.99. The van der Waals surface area contributed by atoms with Gasteiger partial charge in [0.05, 0.1) is 32.6 Å². The number of benzene rings is 2. The summed E-state index contributed by atoms with van der Waals surface area (Å²) >= 11 is 0. The Kier molecular flexibility index (Phi) is 7.85. The number of nitrogens with one attached hydrogen (secondary N) is 1. The SMILES string of the molecule is COc1cc2c(c(N3CCN(CC(F)(F)F)CC3)c1)OC(C(=O)Nc1ccc(N3CCOCC3)cc1)CC2. The summed E-state index contributed by atoms with van der Waals surface area (Å²) in [4.78, 5) is 18.8. The highest BCUT2D eigenvalue weighted by molar-refractivity contribution is 5.95. The number of rotatable bonds is 6. The molecule has 1 unspecified atom stereocenters. The predicted molar refractivity (Wildman–Crippen MR) is 139 cm³/mol. The zero-order valence-corrected chi connectivity index (χ0v) is 21.4. The molecule has 0 aromatic heterocycles. The van der Waals surface area contributed by atoms with Crippen LogP contribution in [0.1, 0.15) is 12.0 Å². The van der Waals surface area contributed by atoms with Crippen molar-refractivity contribution in [3.8, 4) is 11.5 Å². The second-order valence-corrected chi connectivity index (χ2v) is 9.79. The van der Waals surface area contributed by atoms with Gasteiger partial charge in [-0.2, -0.15) is 13.2 Å². The molecule has 0 spiro atoms. The van der Waals surface area contributed by atoms with E-state index in [1.807, 2.05) is 41.3 Å². The van der Waals surface area contributed by atoms with Crippen LogP contribution >= 0.6 is 0 Å². The summed E-state index contributed by atoms with van der Waals surface area (Å²) in [5.74, 6) is 1.03. The van der Waals surface area contributed by atoms with Crippen molar-refractivity contribution in [2.24, 2.45) is 0 Å². The molecule has 1 N–H and O–H groups in total. The number of ether oxygens (including phenoxy) is 3. The molecule has 11 heteroatoms. The average molecular weight is 535 g/mol. The molecule has 5 rings (SSSR count). The summed E-state index contributed by atoms with van der Waals surface area (Å²) in [6, 6.07) is 11.5. The monoisotopic (exact) mass is 534 g/mol. The summed E-state index contributed by atoms with van der Waals surface area (Å²) in [6.07, 6.45) is -3.76. The van der Waals surface area contributed by atoms with E-state index in [0.29, 0.717) is 56.3 Å². The maximum atomic E-state index is 13.1. The van der Waals surface area contributed by atoms with E-state index in [1.165, 1.54) is 4.90 Å². The van der Waals surface area contributed by atoms with E-state index in [2.05, 4.69) is 10.2 Å². The minimum absolute atomic E-state index is 0.230. The molecule has 2 fully saturated rings. The van der Waals surface area contributed by atoms with Crippen LogP contribution in [0.5, 0.6) is 11.5 Å². The number of anilines is 3. The third kappa shape index (κ3) is 6.27. The van der Waals surface area contributed by atoms with Gasteiger partial charge in [0.2, 0.25) is 0 Å². The summed E-state index contributed by atoms with van der Waals surface area (Å²) in [5.41, 5.74) is 3.45. The molecule has 2 aromatic carbocycles. The molecular weight excluding hydrogens is 501 g/mol. The van der Waals surface area contributed by atoms with E-state index < -0.39 is 18.8 Å². The molecule has 0 bridgehead atoms. The Morgan fingerprint density at radius 2 is 1.74 bits per heavy atom. The number of halogens is 3. The highest BCUT2D eigenvalue weighted by atomic mass is 19.4. The third-order valence-electron chi connectivity index (χ3n) is 7.21. The second-order valence-electron chi connectivity index (χ2n) is 9.79. The van der Waals surface area contributed by atoms with Gasteiger partial charge < -0.3 is 29.3 Å². The Bertz CT molecular complexity index is 1110. The Hall–Kier alpha value is -3.18. The number of piperazine rings is 1. The van der Waals surface area contributed by atoms with Crippen molar-refractivity contribution in [3.05, 3.63) is 42.0 Å². The molecule has 206 valence electrons. The Morgan fingerprint density at radius 1 is 1.03 bits per heavy atom. The van der Waals surface area contributed by atoms with E-state index in [0.717, 1.165) is 30.0 Å². The number of nitrogens with zero attached hydrogens (tertiary/aromatic N) is 3. The first kappa shape index (κ1) is 26.4. The van der Waals surface area contributed by atoms with Crippen molar-refractivity contribution in [3.63, 3.8) is 0 Å². The van der Waals surface area contributed by atoms with Crippen LogP contribution in [0.15, 0.2) is 36.4 Å². The summed E-state index contributed by atoms with van der Waals surface area (Å²) in [5, 5.41) is 2.96. The smallest absolute Gasteiger partial charge is 0.401 e. The molecule has 0 radical (unpaired) electrons. The molecule has 2 aromatic rings. The molecule has 2 saturated heterocycles. The lowest BCUT2D eigenvalue weighted by molar-refractivity contribution is -0.146. The minimum atomic E-state index is -4.22. The number of hydrogen-bond donors (Lipinski definition) is 1. The van der Waals surface area contributed by atoms with Gasteiger partial charge in [-0.3, -0.25) is 9.69 Å². The quantitative estimate of drug-likeness (QED) is 0.608. The Morgan fingerprint density at radius 3 is 2.39 bits per heavy atom. The van der Waals surface area contributed by atoms with Crippen LogP contribution in [-0.2, 0) is 16.0 Å². The largest absolute Gasteiger partial charge is 0.497 e. The van der Waals surface area contributed by atoms with Crippen LogP contribution in [0.2, 0.25) is 0 Å². The van der Waals surface area contributed by atoms with E-state index in [9.17, 15) is 18.0 Å². The van der Waals surface area contributed by atoms with E-state index in [1.54, 1.807) is 7.11 Å². The Labute approximate surface area is 220 Å². The van der Waals surface area contributed by atoms with Crippen molar-refractivity contribution < 1.29 is 32.2 Å². The number of methoxy groups -OCH3 is 1. The number of amides is 1. The van der Waals surface area contributed by atoms with Gasteiger partial charge in [0.15, 0.2) is 6.10 Å². The average Bonchev–Trinajstić information content (AvgIpc) is 2.92. The molecule has 8 nitrogen and oxygen atoms in total. The fourth-order valence-electron chi connectivity index (χ4n) is 5.19. The maximum absolute atomic E-state index is 13.1. The first-order chi connectivity index (χ1) is 18.3. The number of carbonyl (C=O) groups excluding carboxylic acids is 1. The normalized spacial score (nSPS) is 20.5. The summed E-state index contributed by atoms with van der Waals surface area (Å²) in [6.45, 7) is 3.59. The standard InChI is InChI=1S/C27H33F3N4O4/c1-36-22-16-19-2-7-24(26(35)31-20-3-5-21(6-4-20)33-12-14-37-15-13-33)38-25(19)23(17-22)34-10-8-32(9-11-34)18-27(28,29)30/h3-6,16-17,24H,2,7-15,18H2,1H3,(H,31,35). The van der Waals surface area contributed by atoms with Gasteiger partial charge in [-0.25, -0.2) is 0 Å². The van der Waals surface area contributed by atoms with E-state index >= 15 is 0 Å². The number of aryl methyl sites for hydroxylation is 1. The van der Waals surface area contributed by atoms with Crippen molar-refractivity contribution in [2.45, 2.75) is 25.1 Å². The molecular formula is C27H33F3N4O4. The van der Waals surface area contributed by atoms with Crippen LogP contribution in [0.3, 0.4) is 0 Å². The highest BCUT2D eigenvalue weighted by Gasteiger charge is 2.34. The molecule has 1 amide bonds. The van der Waals surface area contributed by atoms with Crippen LogP contribution in [0, 0.1) is 0 Å². The van der Waals surface area contributed by atoms with Gasteiger partial charge in [0.25, 0.3) is 5.91 Å². The first-order valence-corrected chi connectivity index (χ1v) is 12.9. The predicted octanol–water partition coefficient (Wildman–Crippen LogP) is 3.55. The van der Waals surface area contributed by atoms with Crippen molar-refractivity contribution >= 4 is 23.0 Å². The van der Waals surface area contributed by atoms with Crippen LogP contribution in [0.4, 0.5) is 30.2 Å². The van der Waals surface area contributed by atoms with Crippen molar-refractivity contribution in [2.75, 3.05) is 81.3 Å². The number of fused-ring (bicyclic) bond motifs is 1.